The maximum absolute atomic E-state index is 13.0. The van der Waals surface area contributed by atoms with E-state index in [1.54, 1.807) is 24.1 Å². The van der Waals surface area contributed by atoms with Gasteiger partial charge in [-0.1, -0.05) is 12.8 Å². The zero-order valence-electron chi connectivity index (χ0n) is 14.8. The highest BCUT2D eigenvalue weighted by Crippen LogP contribution is 2.29. The van der Waals surface area contributed by atoms with Crippen LogP contribution >= 0.6 is 0 Å². The van der Waals surface area contributed by atoms with Crippen LogP contribution in [0.25, 0.3) is 0 Å². The van der Waals surface area contributed by atoms with E-state index in [9.17, 15) is 14.0 Å². The second-order valence-electron chi connectivity index (χ2n) is 7.41. The highest BCUT2D eigenvalue weighted by molar-refractivity contribution is 5.94. The fourth-order valence-electron chi connectivity index (χ4n) is 4.06. The summed E-state index contributed by atoms with van der Waals surface area (Å²) in [4.78, 5) is 26.5. The van der Waals surface area contributed by atoms with Gasteiger partial charge >= 0.3 is 0 Å². The zero-order valence-corrected chi connectivity index (χ0v) is 14.8. The van der Waals surface area contributed by atoms with Gasteiger partial charge in [-0.05, 0) is 62.8 Å². The van der Waals surface area contributed by atoms with Gasteiger partial charge in [-0.15, -0.1) is 0 Å². The fraction of sp³-hybridized carbons (Fsp3) is 0.600. The van der Waals surface area contributed by atoms with Gasteiger partial charge in [-0.2, -0.15) is 0 Å². The lowest BCUT2D eigenvalue weighted by Gasteiger charge is -2.31. The van der Waals surface area contributed by atoms with Gasteiger partial charge in [0.05, 0.1) is 0 Å². The average Bonchev–Trinajstić information content (AvgIpc) is 3.17. The van der Waals surface area contributed by atoms with E-state index < -0.39 is 0 Å². The van der Waals surface area contributed by atoms with E-state index in [1.807, 2.05) is 0 Å². The zero-order chi connectivity index (χ0) is 17.8. The first kappa shape index (κ1) is 17.9. The quantitative estimate of drug-likeness (QED) is 0.905. The molecule has 2 aliphatic rings. The molecule has 136 valence electrons. The number of hydrogen-bond acceptors (Lipinski definition) is 2. The number of carbonyl (C=O) groups is 2. The molecule has 2 amide bonds. The molecule has 0 atom stereocenters. The first-order valence-corrected chi connectivity index (χ1v) is 9.38. The Morgan fingerprint density at radius 1 is 0.960 bits per heavy atom. The van der Waals surface area contributed by atoms with Crippen molar-refractivity contribution in [3.8, 4) is 0 Å². The van der Waals surface area contributed by atoms with Crippen LogP contribution in [-0.2, 0) is 9.59 Å². The van der Waals surface area contributed by atoms with Crippen LogP contribution < -0.4 is 10.2 Å². The highest BCUT2D eigenvalue weighted by atomic mass is 19.1. The molecule has 0 aromatic heterocycles. The Balaban J connectivity index is 1.48. The third-order valence-electron chi connectivity index (χ3n) is 5.69. The standard InChI is InChI=1S/C20H27FN2O2/c1-23(18-12-8-16(21)9-13-18)20(25)15-6-10-17(11-7-15)22-19(24)14-4-2-3-5-14/h8-9,12-15,17H,2-7,10-11H2,1H3,(H,22,24). The molecule has 2 saturated carbocycles. The van der Waals surface area contributed by atoms with E-state index in [1.165, 1.54) is 12.1 Å². The van der Waals surface area contributed by atoms with Crippen molar-refractivity contribution in [2.45, 2.75) is 57.4 Å². The van der Waals surface area contributed by atoms with E-state index in [0.29, 0.717) is 5.69 Å². The first-order valence-electron chi connectivity index (χ1n) is 9.38. The summed E-state index contributed by atoms with van der Waals surface area (Å²) in [6, 6.07) is 6.19. The number of amides is 2. The molecule has 1 N–H and O–H groups in total. The maximum Gasteiger partial charge on any atom is 0.229 e. The summed E-state index contributed by atoms with van der Waals surface area (Å²) in [5, 5.41) is 3.18. The van der Waals surface area contributed by atoms with Crippen molar-refractivity contribution in [1.29, 1.82) is 0 Å². The molecule has 25 heavy (non-hydrogen) atoms. The van der Waals surface area contributed by atoms with E-state index in [2.05, 4.69) is 5.32 Å². The van der Waals surface area contributed by atoms with Gasteiger partial charge in [0.2, 0.25) is 11.8 Å². The third-order valence-corrected chi connectivity index (χ3v) is 5.69. The van der Waals surface area contributed by atoms with Crippen molar-refractivity contribution >= 4 is 17.5 Å². The van der Waals surface area contributed by atoms with Crippen LogP contribution in [0.3, 0.4) is 0 Å². The number of anilines is 1. The Morgan fingerprint density at radius 3 is 2.16 bits per heavy atom. The molecule has 0 spiro atoms. The van der Waals surface area contributed by atoms with E-state index in [0.717, 1.165) is 51.4 Å². The van der Waals surface area contributed by atoms with Crippen LogP contribution in [0.15, 0.2) is 24.3 Å². The lowest BCUT2D eigenvalue weighted by Crippen LogP contribution is -2.43. The highest BCUT2D eigenvalue weighted by Gasteiger charge is 2.31. The molecule has 2 fully saturated rings. The van der Waals surface area contributed by atoms with Crippen LogP contribution in [-0.4, -0.2) is 24.9 Å². The SMILES string of the molecule is CN(C(=O)C1CCC(NC(=O)C2CCCC2)CC1)c1ccc(F)cc1. The number of hydrogen-bond donors (Lipinski definition) is 1. The second-order valence-corrected chi connectivity index (χ2v) is 7.41. The predicted molar refractivity (Wildman–Crippen MR) is 95.7 cm³/mol. The summed E-state index contributed by atoms with van der Waals surface area (Å²) in [5.74, 6) is 0.157. The van der Waals surface area contributed by atoms with Crippen LogP contribution in [0.5, 0.6) is 0 Å². The minimum atomic E-state index is -0.303. The Labute approximate surface area is 148 Å². The van der Waals surface area contributed by atoms with Crippen molar-refractivity contribution in [2.75, 3.05) is 11.9 Å². The van der Waals surface area contributed by atoms with Crippen molar-refractivity contribution in [3.05, 3.63) is 30.1 Å². The minimum absolute atomic E-state index is 0.0188. The number of carbonyl (C=O) groups excluding carboxylic acids is 2. The van der Waals surface area contributed by atoms with Gasteiger partial charge in [-0.25, -0.2) is 4.39 Å². The number of halogens is 1. The fourth-order valence-corrected chi connectivity index (χ4v) is 4.06. The Kier molecular flexibility index (Phi) is 5.71. The molecule has 0 aliphatic heterocycles. The normalized spacial score (nSPS) is 24.1. The summed E-state index contributed by atoms with van der Waals surface area (Å²) in [6.07, 6.45) is 7.65. The van der Waals surface area contributed by atoms with Gasteiger partial charge in [0.1, 0.15) is 5.82 Å². The number of nitrogens with zero attached hydrogens (tertiary/aromatic N) is 1. The molecule has 1 aromatic carbocycles. The molecular formula is C20H27FN2O2. The van der Waals surface area contributed by atoms with Crippen molar-refractivity contribution in [1.82, 2.24) is 5.32 Å². The molecule has 0 saturated heterocycles. The largest absolute Gasteiger partial charge is 0.353 e. The van der Waals surface area contributed by atoms with Gasteiger partial charge in [0.25, 0.3) is 0 Å². The Bertz CT molecular complexity index is 603. The summed E-state index contributed by atoms with van der Waals surface area (Å²) < 4.78 is 13.0. The molecule has 1 aromatic rings. The molecule has 2 aliphatic carbocycles. The third kappa shape index (κ3) is 4.39. The molecule has 0 heterocycles. The number of rotatable bonds is 4. The summed E-state index contributed by atoms with van der Waals surface area (Å²) in [7, 11) is 1.74. The van der Waals surface area contributed by atoms with Crippen LogP contribution in [0.4, 0.5) is 10.1 Å². The Morgan fingerprint density at radius 2 is 1.56 bits per heavy atom. The summed E-state index contributed by atoms with van der Waals surface area (Å²) in [6.45, 7) is 0. The maximum atomic E-state index is 13.0. The van der Waals surface area contributed by atoms with E-state index in [-0.39, 0.29) is 35.5 Å². The molecule has 3 rings (SSSR count). The minimum Gasteiger partial charge on any atom is -0.353 e. The van der Waals surface area contributed by atoms with Gasteiger partial charge < -0.3 is 10.2 Å². The molecule has 4 nitrogen and oxygen atoms in total. The molecule has 0 unspecified atom stereocenters. The van der Waals surface area contributed by atoms with Crippen molar-refractivity contribution in [2.24, 2.45) is 11.8 Å². The number of benzene rings is 1. The lowest BCUT2D eigenvalue weighted by molar-refractivity contribution is -0.126. The topological polar surface area (TPSA) is 49.4 Å². The van der Waals surface area contributed by atoms with Crippen LogP contribution in [0.2, 0.25) is 0 Å². The number of nitrogens with one attached hydrogen (secondary N) is 1. The molecule has 5 heteroatoms. The van der Waals surface area contributed by atoms with E-state index >= 15 is 0 Å². The molecule has 0 radical (unpaired) electrons. The summed E-state index contributed by atoms with van der Waals surface area (Å²) >= 11 is 0. The average molecular weight is 346 g/mol. The molecular weight excluding hydrogens is 319 g/mol. The van der Waals surface area contributed by atoms with Crippen LogP contribution in [0.1, 0.15) is 51.4 Å². The second kappa shape index (κ2) is 7.98. The summed E-state index contributed by atoms with van der Waals surface area (Å²) in [5.41, 5.74) is 0.711. The lowest BCUT2D eigenvalue weighted by atomic mass is 9.85. The van der Waals surface area contributed by atoms with Crippen LogP contribution in [0, 0.1) is 17.7 Å². The smallest absolute Gasteiger partial charge is 0.229 e. The van der Waals surface area contributed by atoms with E-state index in [4.69, 9.17) is 0 Å². The molecule has 0 bridgehead atoms. The first-order chi connectivity index (χ1) is 12.0. The van der Waals surface area contributed by atoms with Crippen molar-refractivity contribution in [3.63, 3.8) is 0 Å². The van der Waals surface area contributed by atoms with Gasteiger partial charge in [-0.3, -0.25) is 9.59 Å². The monoisotopic (exact) mass is 346 g/mol. The van der Waals surface area contributed by atoms with Gasteiger partial charge in [0.15, 0.2) is 0 Å². The predicted octanol–water partition coefficient (Wildman–Crippen LogP) is 3.65. The van der Waals surface area contributed by atoms with Crippen molar-refractivity contribution < 1.29 is 14.0 Å². The Hall–Kier alpha value is -1.91. The van der Waals surface area contributed by atoms with Gasteiger partial charge in [0, 0.05) is 30.6 Å².